The van der Waals surface area contributed by atoms with Crippen molar-refractivity contribution in [1.82, 2.24) is 5.48 Å². The maximum Gasteiger partial charge on any atom is 0.0804 e. The Labute approximate surface area is 164 Å². The van der Waals surface area contributed by atoms with Gasteiger partial charge in [0.15, 0.2) is 0 Å². The van der Waals surface area contributed by atoms with Crippen LogP contribution in [0.3, 0.4) is 0 Å². The minimum absolute atomic E-state index is 0.0232. The Bertz CT molecular complexity index is 546. The lowest BCUT2D eigenvalue weighted by Crippen LogP contribution is -2.62. The number of hydrogen-bond donors (Lipinski definition) is 4. The summed E-state index contributed by atoms with van der Waals surface area (Å²) in [6, 6.07) is 0. The highest BCUT2D eigenvalue weighted by atomic mass is 16.6. The minimum Gasteiger partial charge on any atom is -0.393 e. The number of fused-ring (bicyclic) bond motifs is 5. The first-order chi connectivity index (χ1) is 12.8. The van der Waals surface area contributed by atoms with Crippen LogP contribution in [-0.4, -0.2) is 41.6 Å². The average molecular weight is 381 g/mol. The Hall–Kier alpha value is -0.200. The lowest BCUT2D eigenvalue weighted by atomic mass is 9.43. The molecule has 0 heterocycles. The number of nitrogens with one attached hydrogen (secondary N) is 1. The monoisotopic (exact) mass is 380 g/mol. The van der Waals surface area contributed by atoms with E-state index in [1.165, 1.54) is 12.8 Å². The zero-order chi connectivity index (χ0) is 19.3. The molecule has 156 valence electrons. The molecule has 0 saturated heterocycles. The fraction of sp³-hybridized carbons (Fsp3) is 1.00. The van der Waals surface area contributed by atoms with Gasteiger partial charge in [-0.15, -0.1) is 0 Å². The number of aliphatic hydroxyl groups is 2. The predicted molar refractivity (Wildman–Crippen MR) is 106 cm³/mol. The van der Waals surface area contributed by atoms with Crippen molar-refractivity contribution in [3.8, 4) is 0 Å². The van der Waals surface area contributed by atoms with Crippen molar-refractivity contribution in [1.29, 1.82) is 0 Å². The van der Waals surface area contributed by atoms with Crippen LogP contribution in [0.25, 0.3) is 0 Å². The molecule has 0 amide bonds. The number of aliphatic hydroxyl groups excluding tert-OH is 1. The summed E-state index contributed by atoms with van der Waals surface area (Å²) in [7, 11) is 0. The smallest absolute Gasteiger partial charge is 0.0804 e. The van der Waals surface area contributed by atoms with Crippen molar-refractivity contribution in [3.05, 3.63) is 0 Å². The number of hydroxylamine groups is 1. The van der Waals surface area contributed by atoms with Crippen LogP contribution in [0, 0.1) is 34.5 Å². The van der Waals surface area contributed by atoms with Gasteiger partial charge in [-0.1, -0.05) is 13.8 Å². The molecule has 0 aromatic carbocycles. The molecule has 0 aromatic rings. The zero-order valence-electron chi connectivity index (χ0n) is 17.3. The molecule has 4 aliphatic rings. The van der Waals surface area contributed by atoms with Crippen LogP contribution >= 0.6 is 0 Å². The number of rotatable bonds is 5. The summed E-state index contributed by atoms with van der Waals surface area (Å²) in [5.74, 6) is 2.13. The predicted octanol–water partition coefficient (Wildman–Crippen LogP) is 2.60. The van der Waals surface area contributed by atoms with Gasteiger partial charge in [0, 0.05) is 18.5 Å². The summed E-state index contributed by atoms with van der Waals surface area (Å²) in [6.45, 7) is 6.68. The van der Waals surface area contributed by atoms with Crippen LogP contribution in [0.1, 0.15) is 71.6 Å². The molecule has 0 unspecified atom stereocenters. The van der Waals surface area contributed by atoms with Gasteiger partial charge in [-0.3, -0.25) is 0 Å². The highest BCUT2D eigenvalue weighted by molar-refractivity contribution is 5.16. The molecule has 4 fully saturated rings. The van der Waals surface area contributed by atoms with Gasteiger partial charge in [-0.2, -0.15) is 0 Å². The van der Waals surface area contributed by atoms with Gasteiger partial charge in [-0.05, 0) is 86.9 Å². The van der Waals surface area contributed by atoms with E-state index in [1.54, 1.807) is 0 Å². The minimum atomic E-state index is -0.541. The third kappa shape index (κ3) is 3.00. The second-order valence-electron chi connectivity index (χ2n) is 10.5. The lowest BCUT2D eigenvalue weighted by molar-refractivity contribution is -0.211. The molecule has 8 atom stereocenters. The second-order valence-corrected chi connectivity index (χ2v) is 10.5. The Kier molecular flexibility index (Phi) is 5.39. The molecule has 0 spiro atoms. The van der Waals surface area contributed by atoms with Gasteiger partial charge in [0.1, 0.15) is 0 Å². The molecule has 5 heteroatoms. The van der Waals surface area contributed by atoms with Crippen molar-refractivity contribution in [2.75, 3.05) is 19.7 Å². The fourth-order valence-electron chi connectivity index (χ4n) is 7.93. The molecule has 0 aliphatic heterocycles. The molecule has 4 aliphatic carbocycles. The van der Waals surface area contributed by atoms with E-state index in [0.29, 0.717) is 42.2 Å². The maximum atomic E-state index is 12.1. The number of hydrogen-bond acceptors (Lipinski definition) is 5. The Morgan fingerprint density at radius 2 is 1.85 bits per heavy atom. The summed E-state index contributed by atoms with van der Waals surface area (Å²) >= 11 is 0. The van der Waals surface area contributed by atoms with Crippen LogP contribution < -0.4 is 11.2 Å². The largest absolute Gasteiger partial charge is 0.393 e. The first-order valence-electron chi connectivity index (χ1n) is 11.3. The van der Waals surface area contributed by atoms with Crippen LogP contribution in [0.5, 0.6) is 0 Å². The van der Waals surface area contributed by atoms with E-state index in [4.69, 9.17) is 10.6 Å². The third-order valence-corrected chi connectivity index (χ3v) is 9.67. The molecule has 4 saturated carbocycles. The van der Waals surface area contributed by atoms with E-state index >= 15 is 0 Å². The van der Waals surface area contributed by atoms with Crippen molar-refractivity contribution >= 4 is 0 Å². The van der Waals surface area contributed by atoms with Gasteiger partial charge in [0.05, 0.1) is 18.3 Å². The van der Waals surface area contributed by atoms with Crippen LogP contribution in [0.15, 0.2) is 0 Å². The van der Waals surface area contributed by atoms with E-state index in [1.807, 2.05) is 0 Å². The Morgan fingerprint density at radius 1 is 1.04 bits per heavy atom. The first kappa shape index (κ1) is 20.1. The van der Waals surface area contributed by atoms with Gasteiger partial charge < -0.3 is 20.8 Å². The highest BCUT2D eigenvalue weighted by Gasteiger charge is 2.66. The molecule has 27 heavy (non-hydrogen) atoms. The van der Waals surface area contributed by atoms with Crippen LogP contribution in [-0.2, 0) is 4.84 Å². The van der Waals surface area contributed by atoms with E-state index < -0.39 is 5.60 Å². The van der Waals surface area contributed by atoms with E-state index in [9.17, 15) is 10.2 Å². The maximum absolute atomic E-state index is 12.1. The summed E-state index contributed by atoms with van der Waals surface area (Å²) in [5, 5.41) is 22.2. The van der Waals surface area contributed by atoms with Crippen LogP contribution in [0.4, 0.5) is 0 Å². The van der Waals surface area contributed by atoms with E-state index in [2.05, 4.69) is 19.3 Å². The van der Waals surface area contributed by atoms with E-state index in [0.717, 1.165) is 51.5 Å². The average Bonchev–Trinajstić information content (AvgIpc) is 2.91. The van der Waals surface area contributed by atoms with Crippen molar-refractivity contribution in [2.45, 2.75) is 83.3 Å². The highest BCUT2D eigenvalue weighted by Crippen LogP contribution is 2.68. The molecule has 5 N–H and O–H groups in total. The molecular weight excluding hydrogens is 340 g/mol. The lowest BCUT2D eigenvalue weighted by Gasteiger charge is -2.63. The molecular formula is C22H40N2O3. The van der Waals surface area contributed by atoms with Gasteiger partial charge in [-0.25, -0.2) is 5.48 Å². The molecule has 0 aromatic heterocycles. The molecule has 4 rings (SSSR count). The summed E-state index contributed by atoms with van der Waals surface area (Å²) < 4.78 is 0. The van der Waals surface area contributed by atoms with Crippen molar-refractivity contribution < 1.29 is 15.1 Å². The Balaban J connectivity index is 1.52. The Morgan fingerprint density at radius 3 is 2.63 bits per heavy atom. The van der Waals surface area contributed by atoms with Crippen LogP contribution in [0.2, 0.25) is 0 Å². The third-order valence-electron chi connectivity index (χ3n) is 9.67. The van der Waals surface area contributed by atoms with Crippen molar-refractivity contribution in [2.24, 2.45) is 40.2 Å². The topological polar surface area (TPSA) is 87.7 Å². The molecule has 5 nitrogen and oxygen atoms in total. The fourth-order valence-corrected chi connectivity index (χ4v) is 7.93. The summed E-state index contributed by atoms with van der Waals surface area (Å²) in [6.07, 6.45) is 9.59. The SMILES string of the molecule is C[C@]12CC[C@H](O)C[C@H]1CC[C@@H]1[C@@H]2CC[C@]2(C)[C@@H](CNOCCN)CC[C@]12O. The first-order valence-corrected chi connectivity index (χ1v) is 11.3. The second kappa shape index (κ2) is 7.24. The standard InChI is InChI=1S/C22H40N2O3/c1-20-8-6-17(25)13-15(20)3-4-19-18(20)7-9-21(2)16(5-10-22(19,21)26)14-24-27-12-11-23/h15-19,24-26H,3-14,23H2,1-2H3/t15-,16-,17+,18+,19-,20+,21-,22+/m1/s1. The summed E-state index contributed by atoms with van der Waals surface area (Å²) in [5.41, 5.74) is 8.36. The van der Waals surface area contributed by atoms with E-state index in [-0.39, 0.29) is 11.5 Å². The zero-order valence-corrected chi connectivity index (χ0v) is 17.3. The molecule has 0 radical (unpaired) electrons. The van der Waals surface area contributed by atoms with Crippen molar-refractivity contribution in [3.63, 3.8) is 0 Å². The molecule has 0 bridgehead atoms. The van der Waals surface area contributed by atoms with Gasteiger partial charge >= 0.3 is 0 Å². The quantitative estimate of drug-likeness (QED) is 0.435. The number of nitrogens with two attached hydrogens (primary N) is 1. The van der Waals surface area contributed by atoms with Gasteiger partial charge in [0.2, 0.25) is 0 Å². The normalized spacial score (nSPS) is 52.1. The summed E-state index contributed by atoms with van der Waals surface area (Å²) in [4.78, 5) is 5.43. The van der Waals surface area contributed by atoms with Gasteiger partial charge in [0.25, 0.3) is 0 Å².